The third-order valence-electron chi connectivity index (χ3n) is 6.26. The molecule has 3 amide bonds. The Balaban J connectivity index is 1.41. The zero-order chi connectivity index (χ0) is 24.7. The normalized spacial score (nSPS) is 20.8. The first-order valence-electron chi connectivity index (χ1n) is 11.5. The molecule has 4 rings (SSSR count). The highest BCUT2D eigenvalue weighted by atomic mass is 16.6. The maximum atomic E-state index is 13.2. The van der Waals surface area contributed by atoms with Crippen molar-refractivity contribution in [2.45, 2.75) is 51.7 Å². The quantitative estimate of drug-likeness (QED) is 0.632. The molecule has 8 nitrogen and oxygen atoms in total. The minimum absolute atomic E-state index is 0.0239. The van der Waals surface area contributed by atoms with Crippen molar-refractivity contribution in [1.82, 2.24) is 10.2 Å². The molecule has 1 fully saturated rings. The van der Waals surface area contributed by atoms with E-state index in [2.05, 4.69) is 32.2 Å². The molecule has 8 heteroatoms. The number of urea groups is 1. The summed E-state index contributed by atoms with van der Waals surface area (Å²) in [7, 11) is 0. The number of benzene rings is 2. The molecule has 2 aliphatic heterocycles. The van der Waals surface area contributed by atoms with E-state index in [9.17, 15) is 14.7 Å². The lowest BCUT2D eigenvalue weighted by Gasteiger charge is -2.25. The van der Waals surface area contributed by atoms with Crippen LogP contribution in [0, 0.1) is 6.92 Å². The van der Waals surface area contributed by atoms with Crippen molar-refractivity contribution >= 4 is 11.9 Å². The van der Waals surface area contributed by atoms with Crippen LogP contribution in [-0.4, -0.2) is 54.4 Å². The van der Waals surface area contributed by atoms with Crippen LogP contribution in [0.3, 0.4) is 0 Å². The van der Waals surface area contributed by atoms with E-state index in [1.807, 2.05) is 19.1 Å². The van der Waals surface area contributed by atoms with Gasteiger partial charge in [-0.2, -0.15) is 0 Å². The molecule has 0 aliphatic carbocycles. The summed E-state index contributed by atoms with van der Waals surface area (Å²) in [6.07, 6.45) is -1.04. The van der Waals surface area contributed by atoms with Gasteiger partial charge in [-0.1, -0.05) is 39.0 Å². The minimum atomic E-state index is -1.27. The average Bonchev–Trinajstić information content (AvgIpc) is 3.01. The van der Waals surface area contributed by atoms with Crippen LogP contribution >= 0.6 is 0 Å². The van der Waals surface area contributed by atoms with Gasteiger partial charge in [0.2, 0.25) is 0 Å². The highest BCUT2D eigenvalue weighted by Gasteiger charge is 2.49. The van der Waals surface area contributed by atoms with E-state index in [4.69, 9.17) is 14.2 Å². The first-order chi connectivity index (χ1) is 16.0. The molecule has 2 aliphatic rings. The molecule has 34 heavy (non-hydrogen) atoms. The SMILES string of the molecule is Cc1cc(C(C)(C)C)ccc1OC[C@H](O)CN1C(=O)N[C@](C)(c2ccc3c(c2)OCCO3)C1=O. The van der Waals surface area contributed by atoms with Crippen LogP contribution in [-0.2, 0) is 15.7 Å². The number of amides is 3. The summed E-state index contributed by atoms with van der Waals surface area (Å²) in [5, 5.41) is 13.3. The van der Waals surface area contributed by atoms with E-state index in [1.165, 1.54) is 5.56 Å². The van der Waals surface area contributed by atoms with E-state index in [-0.39, 0.29) is 18.6 Å². The number of aryl methyl sites for hydroxylation is 1. The lowest BCUT2D eigenvalue weighted by Crippen LogP contribution is -2.42. The number of fused-ring (bicyclic) bond motifs is 1. The summed E-state index contributed by atoms with van der Waals surface area (Å²) in [6, 6.07) is 10.6. The molecule has 182 valence electrons. The summed E-state index contributed by atoms with van der Waals surface area (Å²) >= 11 is 0. The van der Waals surface area contributed by atoms with Crippen molar-refractivity contribution in [3.63, 3.8) is 0 Å². The molecule has 0 radical (unpaired) electrons. The Morgan fingerprint density at radius 2 is 1.82 bits per heavy atom. The Hall–Kier alpha value is -3.26. The van der Waals surface area contributed by atoms with E-state index in [1.54, 1.807) is 25.1 Å². The van der Waals surface area contributed by atoms with Gasteiger partial charge in [0.25, 0.3) is 5.91 Å². The molecule has 0 bridgehead atoms. The van der Waals surface area contributed by atoms with Gasteiger partial charge in [-0.25, -0.2) is 4.79 Å². The molecule has 1 saturated heterocycles. The molecule has 2 N–H and O–H groups in total. The van der Waals surface area contributed by atoms with Gasteiger partial charge in [0.15, 0.2) is 11.5 Å². The predicted octanol–water partition coefficient (Wildman–Crippen LogP) is 3.27. The number of β-amino-alcohol motifs (C(OH)–C–C–N with tert-alkyl or cyclic N) is 1. The van der Waals surface area contributed by atoms with Gasteiger partial charge in [0, 0.05) is 0 Å². The van der Waals surface area contributed by atoms with E-state index in [0.717, 1.165) is 10.5 Å². The van der Waals surface area contributed by atoms with Crippen LogP contribution in [0.4, 0.5) is 4.79 Å². The Morgan fingerprint density at radius 3 is 2.50 bits per heavy atom. The molecule has 0 aromatic heterocycles. The zero-order valence-corrected chi connectivity index (χ0v) is 20.3. The lowest BCUT2D eigenvalue weighted by atomic mass is 9.86. The van der Waals surface area contributed by atoms with Crippen LogP contribution in [0.15, 0.2) is 36.4 Å². The van der Waals surface area contributed by atoms with Gasteiger partial charge < -0.3 is 24.6 Å². The summed E-state index contributed by atoms with van der Waals surface area (Å²) in [5.74, 6) is 1.35. The average molecular weight is 469 g/mol. The second kappa shape index (κ2) is 8.83. The van der Waals surface area contributed by atoms with Crippen molar-refractivity contribution in [2.75, 3.05) is 26.4 Å². The molecule has 0 unspecified atom stereocenters. The number of rotatable bonds is 6. The van der Waals surface area contributed by atoms with Crippen LogP contribution in [0.25, 0.3) is 0 Å². The Bertz CT molecular complexity index is 1110. The first-order valence-corrected chi connectivity index (χ1v) is 11.5. The Kier molecular flexibility index (Phi) is 6.20. The molecular weight excluding hydrogens is 436 g/mol. The van der Waals surface area contributed by atoms with Crippen LogP contribution in [0.2, 0.25) is 0 Å². The zero-order valence-electron chi connectivity index (χ0n) is 20.3. The number of aliphatic hydroxyl groups is 1. The van der Waals surface area contributed by atoms with Gasteiger partial charge in [0.05, 0.1) is 6.54 Å². The highest BCUT2D eigenvalue weighted by Crippen LogP contribution is 2.37. The molecule has 0 spiro atoms. The monoisotopic (exact) mass is 468 g/mol. The second-order valence-electron chi connectivity index (χ2n) is 10.0. The van der Waals surface area contributed by atoms with E-state index < -0.39 is 23.6 Å². The number of nitrogens with one attached hydrogen (secondary N) is 1. The van der Waals surface area contributed by atoms with Gasteiger partial charge in [0.1, 0.15) is 37.2 Å². The molecule has 2 aromatic rings. The lowest BCUT2D eigenvalue weighted by molar-refractivity contribution is -0.132. The fraction of sp³-hybridized carbons (Fsp3) is 0.462. The smallest absolute Gasteiger partial charge is 0.325 e. The largest absolute Gasteiger partial charge is 0.491 e. The number of aliphatic hydroxyl groups excluding tert-OH is 1. The Labute approximate surface area is 199 Å². The number of hydrogen-bond acceptors (Lipinski definition) is 6. The van der Waals surface area contributed by atoms with Crippen LogP contribution in [0.1, 0.15) is 44.4 Å². The Morgan fingerprint density at radius 1 is 1.12 bits per heavy atom. The predicted molar refractivity (Wildman–Crippen MR) is 126 cm³/mol. The van der Waals surface area contributed by atoms with Crippen molar-refractivity contribution in [3.05, 3.63) is 53.1 Å². The fourth-order valence-electron chi connectivity index (χ4n) is 4.14. The third-order valence-corrected chi connectivity index (χ3v) is 6.26. The minimum Gasteiger partial charge on any atom is -0.491 e. The second-order valence-corrected chi connectivity index (χ2v) is 10.0. The number of carbonyl (C=O) groups excluding carboxylic acids is 2. The van der Waals surface area contributed by atoms with Crippen molar-refractivity contribution < 1.29 is 28.9 Å². The number of hydrogen-bond donors (Lipinski definition) is 2. The van der Waals surface area contributed by atoms with Crippen molar-refractivity contribution in [2.24, 2.45) is 0 Å². The maximum absolute atomic E-state index is 13.2. The highest BCUT2D eigenvalue weighted by molar-refractivity contribution is 6.07. The first kappa shape index (κ1) is 23.9. The summed E-state index contributed by atoms with van der Waals surface area (Å²) in [6.45, 7) is 10.7. The standard InChI is InChI=1S/C26H32N2O6/c1-16-12-17(25(2,3)4)6-8-20(16)34-15-19(29)14-28-23(30)26(5,27-24(28)31)18-7-9-21-22(13-18)33-11-10-32-21/h6-9,12-13,19,29H,10-11,14-15H2,1-5H3,(H,27,31)/t19-,26-/m1/s1. The molecule has 2 aromatic carbocycles. The number of ether oxygens (including phenoxy) is 3. The third kappa shape index (κ3) is 4.55. The van der Waals surface area contributed by atoms with Gasteiger partial charge >= 0.3 is 6.03 Å². The topological polar surface area (TPSA) is 97.3 Å². The number of nitrogens with zero attached hydrogens (tertiary/aromatic N) is 1. The van der Waals surface area contributed by atoms with Crippen LogP contribution in [0.5, 0.6) is 17.2 Å². The summed E-state index contributed by atoms with van der Waals surface area (Å²) < 4.78 is 16.9. The molecule has 0 saturated carbocycles. The molecule has 2 atom stereocenters. The van der Waals surface area contributed by atoms with E-state index >= 15 is 0 Å². The summed E-state index contributed by atoms with van der Waals surface area (Å²) in [5.41, 5.74) is 1.48. The number of carbonyl (C=O) groups is 2. The number of imide groups is 1. The van der Waals surface area contributed by atoms with Gasteiger partial charge in [-0.05, 0) is 54.2 Å². The van der Waals surface area contributed by atoms with Crippen LogP contribution < -0.4 is 19.5 Å². The molecular formula is C26H32N2O6. The summed E-state index contributed by atoms with van der Waals surface area (Å²) in [4.78, 5) is 26.9. The van der Waals surface area contributed by atoms with Crippen molar-refractivity contribution in [1.29, 1.82) is 0 Å². The van der Waals surface area contributed by atoms with Crippen molar-refractivity contribution in [3.8, 4) is 17.2 Å². The maximum Gasteiger partial charge on any atom is 0.325 e. The molecule has 2 heterocycles. The van der Waals surface area contributed by atoms with E-state index in [0.29, 0.717) is 36.0 Å². The fourth-order valence-corrected chi connectivity index (χ4v) is 4.14. The van der Waals surface area contributed by atoms with Gasteiger partial charge in [-0.15, -0.1) is 0 Å². The van der Waals surface area contributed by atoms with Gasteiger partial charge in [-0.3, -0.25) is 9.69 Å².